The van der Waals surface area contributed by atoms with Gasteiger partial charge in [0.1, 0.15) is 22.8 Å². The molecule has 0 aromatic carbocycles. The Bertz CT molecular complexity index is 833. The van der Waals surface area contributed by atoms with E-state index in [1.54, 1.807) is 17.7 Å². The van der Waals surface area contributed by atoms with Gasteiger partial charge in [0.2, 0.25) is 0 Å². The van der Waals surface area contributed by atoms with E-state index < -0.39 is 0 Å². The summed E-state index contributed by atoms with van der Waals surface area (Å²) in [5.74, 6) is 3.19. The van der Waals surface area contributed by atoms with Crippen LogP contribution >= 0.6 is 11.3 Å². The van der Waals surface area contributed by atoms with Crippen molar-refractivity contribution >= 4 is 27.4 Å². The Morgan fingerprint density at radius 2 is 2.00 bits per heavy atom. The van der Waals surface area contributed by atoms with Crippen LogP contribution in [0.4, 0.5) is 5.82 Å². The molecule has 3 aromatic rings. The van der Waals surface area contributed by atoms with Crippen molar-refractivity contribution in [1.29, 1.82) is 0 Å². The van der Waals surface area contributed by atoms with Gasteiger partial charge in [-0.25, -0.2) is 9.97 Å². The first-order valence-corrected chi connectivity index (χ1v) is 9.20. The maximum atomic E-state index is 4.64. The first kappa shape index (κ1) is 16.8. The summed E-state index contributed by atoms with van der Waals surface area (Å²) >= 11 is 1.69. The highest BCUT2D eigenvalue weighted by Crippen LogP contribution is 2.31. The minimum atomic E-state index is 0.335. The number of nitrogens with one attached hydrogen (secondary N) is 1. The molecule has 3 heterocycles. The lowest BCUT2D eigenvalue weighted by molar-refractivity contribution is 0.572. The van der Waals surface area contributed by atoms with Crippen LogP contribution in [0.15, 0.2) is 11.7 Å². The molecule has 24 heavy (non-hydrogen) atoms. The number of aryl methyl sites for hydroxylation is 1. The largest absolute Gasteiger partial charge is 0.362 e. The molecule has 0 saturated carbocycles. The fourth-order valence-corrected chi connectivity index (χ4v) is 3.81. The molecule has 0 atom stereocenters. The molecule has 128 valence electrons. The lowest BCUT2D eigenvalue weighted by atomic mass is 10.0. The van der Waals surface area contributed by atoms with E-state index in [-0.39, 0.29) is 0 Å². The number of hydrogen-bond acceptors (Lipinski definition) is 6. The second-order valence-electron chi connectivity index (χ2n) is 6.76. The van der Waals surface area contributed by atoms with Gasteiger partial charge in [-0.3, -0.25) is 0 Å². The number of fused-ring (bicyclic) bond motifs is 1. The lowest BCUT2D eigenvalue weighted by Crippen LogP contribution is -2.11. The molecule has 0 aliphatic rings. The van der Waals surface area contributed by atoms with Gasteiger partial charge in [0.25, 0.3) is 0 Å². The average Bonchev–Trinajstić information content (AvgIpc) is 3.11. The molecule has 3 aromatic heterocycles. The first-order valence-electron chi connectivity index (χ1n) is 8.32. The van der Waals surface area contributed by atoms with Crippen molar-refractivity contribution in [3.63, 3.8) is 0 Å². The third-order valence-corrected chi connectivity index (χ3v) is 4.79. The minimum Gasteiger partial charge on any atom is -0.362 e. The summed E-state index contributed by atoms with van der Waals surface area (Å²) in [6.45, 7) is 11.2. The van der Waals surface area contributed by atoms with E-state index in [1.165, 1.54) is 5.56 Å². The van der Waals surface area contributed by atoms with Gasteiger partial charge < -0.3 is 9.88 Å². The summed E-state index contributed by atoms with van der Waals surface area (Å²) < 4.78 is 2.07. The van der Waals surface area contributed by atoms with Crippen molar-refractivity contribution in [3.8, 4) is 0 Å². The van der Waals surface area contributed by atoms with E-state index in [0.717, 1.165) is 34.1 Å². The molecule has 0 aliphatic carbocycles. The van der Waals surface area contributed by atoms with Crippen molar-refractivity contribution < 1.29 is 0 Å². The monoisotopic (exact) mass is 344 g/mol. The minimum absolute atomic E-state index is 0.335. The normalized spacial score (nSPS) is 11.8. The van der Waals surface area contributed by atoms with Crippen LogP contribution in [0.2, 0.25) is 0 Å². The van der Waals surface area contributed by atoms with Gasteiger partial charge in [0.05, 0.1) is 11.9 Å². The first-order chi connectivity index (χ1) is 11.5. The van der Waals surface area contributed by atoms with Crippen molar-refractivity contribution in [3.05, 3.63) is 28.9 Å². The van der Waals surface area contributed by atoms with Crippen LogP contribution in [0.1, 0.15) is 50.9 Å². The van der Waals surface area contributed by atoms with Crippen LogP contribution in [-0.4, -0.2) is 24.7 Å². The van der Waals surface area contributed by atoms with Gasteiger partial charge in [-0.2, -0.15) is 0 Å². The molecule has 7 heteroatoms. The zero-order valence-electron chi connectivity index (χ0n) is 14.9. The Morgan fingerprint density at radius 3 is 2.71 bits per heavy atom. The van der Waals surface area contributed by atoms with Crippen LogP contribution < -0.4 is 5.32 Å². The molecule has 0 amide bonds. The summed E-state index contributed by atoms with van der Waals surface area (Å²) in [5.41, 5.74) is 1.32. The van der Waals surface area contributed by atoms with Crippen LogP contribution in [0, 0.1) is 12.8 Å². The zero-order chi connectivity index (χ0) is 17.3. The van der Waals surface area contributed by atoms with Crippen molar-refractivity contribution in [2.75, 3.05) is 5.32 Å². The van der Waals surface area contributed by atoms with Crippen LogP contribution in [0.3, 0.4) is 0 Å². The highest BCUT2D eigenvalue weighted by atomic mass is 32.1. The second kappa shape index (κ2) is 6.84. The van der Waals surface area contributed by atoms with Gasteiger partial charge in [0.15, 0.2) is 5.82 Å². The van der Waals surface area contributed by atoms with E-state index >= 15 is 0 Å². The highest BCUT2D eigenvalue weighted by molar-refractivity contribution is 7.17. The number of hydrogen-bond donors (Lipinski definition) is 1. The molecule has 0 saturated heterocycles. The number of nitrogens with zero attached hydrogens (tertiary/aromatic N) is 5. The Morgan fingerprint density at radius 1 is 1.21 bits per heavy atom. The molecular weight excluding hydrogens is 320 g/mol. The summed E-state index contributed by atoms with van der Waals surface area (Å²) in [6.07, 6.45) is 2.81. The Balaban J connectivity index is 1.93. The topological polar surface area (TPSA) is 68.5 Å². The van der Waals surface area contributed by atoms with E-state index in [2.05, 4.69) is 63.1 Å². The summed E-state index contributed by atoms with van der Waals surface area (Å²) in [5, 5.41) is 15.1. The molecule has 1 N–H and O–H groups in total. The standard InChI is InChI=1S/C17H24N6S/c1-10(2)6-13-8-24-17-15(13)16(20-12(5)21-17)18-7-14-22-19-9-23(14)11(3)4/h8-11H,6-7H2,1-5H3,(H,18,20,21). The predicted molar refractivity (Wildman–Crippen MR) is 98.4 cm³/mol. The van der Waals surface area contributed by atoms with Gasteiger partial charge in [0, 0.05) is 6.04 Å². The molecule has 0 fully saturated rings. The average molecular weight is 344 g/mol. The predicted octanol–water partition coefficient (Wildman–Crippen LogP) is 3.98. The number of anilines is 1. The molecule has 0 unspecified atom stereocenters. The molecule has 3 rings (SSSR count). The van der Waals surface area contributed by atoms with Gasteiger partial charge >= 0.3 is 0 Å². The van der Waals surface area contributed by atoms with Gasteiger partial charge in [-0.15, -0.1) is 21.5 Å². The number of thiophene rings is 1. The second-order valence-corrected chi connectivity index (χ2v) is 7.62. The zero-order valence-corrected chi connectivity index (χ0v) is 15.7. The lowest BCUT2D eigenvalue weighted by Gasteiger charge is -2.12. The Hall–Kier alpha value is -2.02. The smallest absolute Gasteiger partial charge is 0.152 e. The number of aromatic nitrogens is 5. The number of rotatable bonds is 6. The fourth-order valence-electron chi connectivity index (χ4n) is 2.81. The molecule has 0 bridgehead atoms. The Kier molecular flexibility index (Phi) is 4.80. The maximum absolute atomic E-state index is 4.64. The SMILES string of the molecule is Cc1nc(NCc2nncn2C(C)C)c2c(CC(C)C)csc2n1. The quantitative estimate of drug-likeness (QED) is 0.732. The van der Waals surface area contributed by atoms with Crippen molar-refractivity contribution in [1.82, 2.24) is 24.7 Å². The molecular formula is C17H24N6S. The van der Waals surface area contributed by atoms with Crippen LogP contribution in [0.25, 0.3) is 10.2 Å². The third kappa shape index (κ3) is 3.40. The summed E-state index contributed by atoms with van der Waals surface area (Å²) in [7, 11) is 0. The van der Waals surface area contributed by atoms with E-state index in [1.807, 2.05) is 6.92 Å². The van der Waals surface area contributed by atoms with Crippen molar-refractivity contribution in [2.45, 2.75) is 53.6 Å². The van der Waals surface area contributed by atoms with E-state index in [0.29, 0.717) is 18.5 Å². The third-order valence-electron chi connectivity index (χ3n) is 3.87. The van der Waals surface area contributed by atoms with Crippen LogP contribution in [-0.2, 0) is 13.0 Å². The van der Waals surface area contributed by atoms with Crippen molar-refractivity contribution in [2.24, 2.45) is 5.92 Å². The highest BCUT2D eigenvalue weighted by Gasteiger charge is 2.15. The van der Waals surface area contributed by atoms with E-state index in [4.69, 9.17) is 0 Å². The molecule has 6 nitrogen and oxygen atoms in total. The van der Waals surface area contributed by atoms with Gasteiger partial charge in [-0.1, -0.05) is 13.8 Å². The summed E-state index contributed by atoms with van der Waals surface area (Å²) in [6, 6.07) is 0.335. The molecule has 0 radical (unpaired) electrons. The molecule has 0 spiro atoms. The molecule has 0 aliphatic heterocycles. The van der Waals surface area contributed by atoms with Crippen LogP contribution in [0.5, 0.6) is 0 Å². The van der Waals surface area contributed by atoms with Gasteiger partial charge in [-0.05, 0) is 44.1 Å². The fraction of sp³-hybridized carbons (Fsp3) is 0.529. The Labute approximate surface area is 146 Å². The summed E-state index contributed by atoms with van der Waals surface area (Å²) in [4.78, 5) is 10.3. The van der Waals surface area contributed by atoms with E-state index in [9.17, 15) is 0 Å². The maximum Gasteiger partial charge on any atom is 0.152 e.